The van der Waals surface area contributed by atoms with Gasteiger partial charge in [0.2, 0.25) is 5.91 Å². The molecular formula is C14H22N4O2S. The quantitative estimate of drug-likeness (QED) is 0.921. The van der Waals surface area contributed by atoms with Gasteiger partial charge >= 0.3 is 6.03 Å². The molecule has 2 heterocycles. The number of nitrogens with zero attached hydrogens (tertiary/aromatic N) is 3. The number of amides is 3. The Morgan fingerprint density at radius 2 is 2.00 bits per heavy atom. The Bertz CT molecular complexity index is 475. The second-order valence-electron chi connectivity index (χ2n) is 5.41. The Labute approximate surface area is 129 Å². The number of aromatic nitrogens is 1. The predicted molar refractivity (Wildman–Crippen MR) is 82.0 cm³/mol. The van der Waals surface area contributed by atoms with Crippen LogP contribution in [0.1, 0.15) is 25.3 Å². The first-order valence-electron chi connectivity index (χ1n) is 7.28. The molecule has 0 radical (unpaired) electrons. The van der Waals surface area contributed by atoms with E-state index in [1.165, 1.54) is 11.3 Å². The summed E-state index contributed by atoms with van der Waals surface area (Å²) in [6.07, 6.45) is 2.55. The maximum atomic E-state index is 12.1. The number of carbonyl (C=O) groups is 2. The molecule has 1 saturated heterocycles. The lowest BCUT2D eigenvalue weighted by atomic mass is 10.2. The van der Waals surface area contributed by atoms with Crippen molar-refractivity contribution in [2.75, 3.05) is 26.2 Å². The summed E-state index contributed by atoms with van der Waals surface area (Å²) in [5, 5.41) is 5.67. The van der Waals surface area contributed by atoms with Gasteiger partial charge in [0, 0.05) is 43.7 Å². The van der Waals surface area contributed by atoms with Gasteiger partial charge in [-0.25, -0.2) is 9.78 Å². The lowest BCUT2D eigenvalue weighted by molar-refractivity contribution is -0.134. The molecule has 0 spiro atoms. The van der Waals surface area contributed by atoms with Crippen LogP contribution in [0.4, 0.5) is 4.79 Å². The summed E-state index contributed by atoms with van der Waals surface area (Å²) in [5.74, 6) is 0.176. The topological polar surface area (TPSA) is 65.5 Å². The molecule has 116 valence electrons. The molecule has 2 rings (SSSR count). The Kier molecular flexibility index (Phi) is 5.55. The van der Waals surface area contributed by atoms with E-state index in [1.54, 1.807) is 11.1 Å². The van der Waals surface area contributed by atoms with Gasteiger partial charge in [-0.1, -0.05) is 13.8 Å². The van der Waals surface area contributed by atoms with Crippen LogP contribution in [-0.2, 0) is 11.3 Å². The number of rotatable bonds is 3. The fourth-order valence-electron chi connectivity index (χ4n) is 2.31. The van der Waals surface area contributed by atoms with Gasteiger partial charge in [0.25, 0.3) is 0 Å². The summed E-state index contributed by atoms with van der Waals surface area (Å²) in [6, 6.07) is -0.0796. The number of hydrogen-bond acceptors (Lipinski definition) is 4. The molecule has 0 unspecified atom stereocenters. The molecule has 0 aliphatic carbocycles. The molecule has 1 N–H and O–H groups in total. The molecule has 21 heavy (non-hydrogen) atoms. The first-order valence-corrected chi connectivity index (χ1v) is 8.16. The summed E-state index contributed by atoms with van der Waals surface area (Å²) < 4.78 is 0. The van der Waals surface area contributed by atoms with Gasteiger partial charge < -0.3 is 15.1 Å². The zero-order valence-corrected chi connectivity index (χ0v) is 13.4. The smallest absolute Gasteiger partial charge is 0.317 e. The van der Waals surface area contributed by atoms with E-state index in [9.17, 15) is 9.59 Å². The maximum absolute atomic E-state index is 12.1. The molecule has 1 aliphatic rings. The standard InChI is InChI=1S/C14H22N4O2S/c1-11(2)13(19)17-5-3-6-18(8-7-17)14(20)16-10-12-15-4-9-21-12/h4,9,11H,3,5-8,10H2,1-2H3,(H,16,20). The molecule has 3 amide bonds. The number of nitrogens with one attached hydrogen (secondary N) is 1. The van der Waals surface area contributed by atoms with Gasteiger partial charge in [0.1, 0.15) is 5.01 Å². The highest BCUT2D eigenvalue weighted by atomic mass is 32.1. The molecule has 7 heteroatoms. The fourth-order valence-corrected chi connectivity index (χ4v) is 2.87. The second kappa shape index (κ2) is 7.40. The minimum atomic E-state index is -0.0796. The van der Waals surface area contributed by atoms with Crippen LogP contribution in [0.25, 0.3) is 0 Å². The fraction of sp³-hybridized carbons (Fsp3) is 0.643. The van der Waals surface area contributed by atoms with Crippen LogP contribution in [0.5, 0.6) is 0 Å². The third-order valence-electron chi connectivity index (χ3n) is 3.46. The zero-order chi connectivity index (χ0) is 15.2. The van der Waals surface area contributed by atoms with Crippen molar-refractivity contribution in [3.8, 4) is 0 Å². The van der Waals surface area contributed by atoms with Crippen LogP contribution in [0.2, 0.25) is 0 Å². The van der Waals surface area contributed by atoms with Gasteiger partial charge in [0.15, 0.2) is 0 Å². The van der Waals surface area contributed by atoms with Gasteiger partial charge in [-0.15, -0.1) is 11.3 Å². The zero-order valence-electron chi connectivity index (χ0n) is 12.5. The van der Waals surface area contributed by atoms with E-state index in [4.69, 9.17) is 0 Å². The van der Waals surface area contributed by atoms with Gasteiger partial charge in [-0.3, -0.25) is 4.79 Å². The predicted octanol–water partition coefficient (Wildman–Crippen LogP) is 1.54. The lowest BCUT2D eigenvalue weighted by Gasteiger charge is -2.23. The number of urea groups is 1. The molecule has 1 fully saturated rings. The van der Waals surface area contributed by atoms with Crippen LogP contribution in [0.15, 0.2) is 11.6 Å². The molecule has 0 aromatic carbocycles. The largest absolute Gasteiger partial charge is 0.341 e. The van der Waals surface area contributed by atoms with Gasteiger partial charge in [-0.2, -0.15) is 0 Å². The third-order valence-corrected chi connectivity index (χ3v) is 4.24. The molecule has 6 nitrogen and oxygen atoms in total. The van der Waals surface area contributed by atoms with Gasteiger partial charge in [0.05, 0.1) is 6.54 Å². The van der Waals surface area contributed by atoms with Crippen LogP contribution in [0, 0.1) is 5.92 Å². The van der Waals surface area contributed by atoms with E-state index in [0.29, 0.717) is 26.2 Å². The maximum Gasteiger partial charge on any atom is 0.317 e. The van der Waals surface area contributed by atoms with E-state index in [1.807, 2.05) is 24.1 Å². The minimum Gasteiger partial charge on any atom is -0.341 e. The van der Waals surface area contributed by atoms with E-state index in [2.05, 4.69) is 10.3 Å². The highest BCUT2D eigenvalue weighted by molar-refractivity contribution is 7.09. The summed E-state index contributed by atoms with van der Waals surface area (Å²) in [7, 11) is 0. The minimum absolute atomic E-state index is 0.00952. The van der Waals surface area contributed by atoms with Crippen molar-refractivity contribution in [3.63, 3.8) is 0 Å². The summed E-state index contributed by atoms with van der Waals surface area (Å²) in [5.41, 5.74) is 0. The summed E-state index contributed by atoms with van der Waals surface area (Å²) >= 11 is 1.53. The van der Waals surface area contributed by atoms with Crippen molar-refractivity contribution < 1.29 is 9.59 Å². The van der Waals surface area contributed by atoms with Crippen molar-refractivity contribution in [1.82, 2.24) is 20.1 Å². The Morgan fingerprint density at radius 1 is 1.29 bits per heavy atom. The number of hydrogen-bond donors (Lipinski definition) is 1. The monoisotopic (exact) mass is 310 g/mol. The van der Waals surface area contributed by atoms with Crippen molar-refractivity contribution in [2.45, 2.75) is 26.8 Å². The molecule has 0 saturated carbocycles. The Balaban J connectivity index is 1.81. The van der Waals surface area contributed by atoms with Crippen LogP contribution >= 0.6 is 11.3 Å². The normalized spacial score (nSPS) is 16.0. The van der Waals surface area contributed by atoms with E-state index >= 15 is 0 Å². The third kappa shape index (κ3) is 4.42. The van der Waals surface area contributed by atoms with Gasteiger partial charge in [-0.05, 0) is 6.42 Å². The van der Waals surface area contributed by atoms with Crippen molar-refractivity contribution in [2.24, 2.45) is 5.92 Å². The number of thiazole rings is 1. The van der Waals surface area contributed by atoms with E-state index < -0.39 is 0 Å². The Hall–Kier alpha value is -1.63. The summed E-state index contributed by atoms with van der Waals surface area (Å²) in [6.45, 7) is 6.89. The molecule has 0 atom stereocenters. The lowest BCUT2D eigenvalue weighted by Crippen LogP contribution is -2.42. The van der Waals surface area contributed by atoms with Crippen molar-refractivity contribution in [3.05, 3.63) is 16.6 Å². The Morgan fingerprint density at radius 3 is 2.67 bits per heavy atom. The van der Waals surface area contributed by atoms with Crippen LogP contribution in [0.3, 0.4) is 0 Å². The first kappa shape index (κ1) is 15.8. The molecule has 1 aromatic heterocycles. The molecule has 0 bridgehead atoms. The van der Waals surface area contributed by atoms with Crippen LogP contribution < -0.4 is 5.32 Å². The van der Waals surface area contributed by atoms with Crippen molar-refractivity contribution in [1.29, 1.82) is 0 Å². The summed E-state index contributed by atoms with van der Waals surface area (Å²) in [4.78, 5) is 31.9. The number of carbonyl (C=O) groups excluding carboxylic acids is 2. The average molecular weight is 310 g/mol. The van der Waals surface area contributed by atoms with Crippen LogP contribution in [-0.4, -0.2) is 52.9 Å². The SMILES string of the molecule is CC(C)C(=O)N1CCCN(C(=O)NCc2nccs2)CC1. The van der Waals surface area contributed by atoms with E-state index in [0.717, 1.165) is 18.0 Å². The first-order chi connectivity index (χ1) is 10.1. The molecule has 1 aliphatic heterocycles. The van der Waals surface area contributed by atoms with E-state index in [-0.39, 0.29) is 17.9 Å². The highest BCUT2D eigenvalue weighted by Gasteiger charge is 2.23. The van der Waals surface area contributed by atoms with Crippen molar-refractivity contribution >= 4 is 23.3 Å². The second-order valence-corrected chi connectivity index (χ2v) is 6.38. The highest BCUT2D eigenvalue weighted by Crippen LogP contribution is 2.08. The molecule has 1 aromatic rings. The average Bonchev–Trinajstić information content (AvgIpc) is 2.86. The molecular weight excluding hydrogens is 288 g/mol.